The van der Waals surface area contributed by atoms with Gasteiger partial charge in [-0.2, -0.15) is 0 Å². The van der Waals surface area contributed by atoms with Crippen LogP contribution in [0.1, 0.15) is 54.7 Å². The van der Waals surface area contributed by atoms with Crippen LogP contribution >= 0.6 is 0 Å². The highest BCUT2D eigenvalue weighted by Crippen LogP contribution is 2.26. The van der Waals surface area contributed by atoms with Crippen LogP contribution in [0.5, 0.6) is 5.75 Å². The Morgan fingerprint density at radius 2 is 2.13 bits per heavy atom. The Hall–Kier alpha value is -2.44. The molecule has 1 aliphatic heterocycles. The molecule has 0 radical (unpaired) electrons. The van der Waals surface area contributed by atoms with Crippen LogP contribution in [-0.2, 0) is 6.54 Å². The van der Waals surface area contributed by atoms with E-state index in [1.807, 2.05) is 6.92 Å². The lowest BCUT2D eigenvalue weighted by Crippen LogP contribution is -2.40. The number of carbonyl (C=O) groups is 1. The maximum atomic E-state index is 13.5. The van der Waals surface area contributed by atoms with Crippen LogP contribution in [-0.4, -0.2) is 37.2 Å². The second-order valence-corrected chi connectivity index (χ2v) is 6.20. The van der Waals surface area contributed by atoms with Crippen molar-refractivity contribution in [1.82, 2.24) is 19.7 Å². The number of halogens is 1. The highest BCUT2D eigenvalue weighted by Gasteiger charge is 2.30. The molecule has 2 aromatic rings. The van der Waals surface area contributed by atoms with E-state index < -0.39 is 11.6 Å². The van der Waals surface area contributed by atoms with Crippen molar-refractivity contribution < 1.29 is 14.3 Å². The smallest absolute Gasteiger partial charge is 0.254 e. The van der Waals surface area contributed by atoms with E-state index in [9.17, 15) is 14.3 Å². The number of aromatic nitrogens is 3. The summed E-state index contributed by atoms with van der Waals surface area (Å²) in [7, 11) is 0. The normalized spacial score (nSPS) is 17.4. The van der Waals surface area contributed by atoms with E-state index in [1.54, 1.807) is 4.90 Å². The lowest BCUT2D eigenvalue weighted by Gasteiger charge is -2.33. The molecule has 3 rings (SSSR count). The zero-order chi connectivity index (χ0) is 16.7. The zero-order valence-electron chi connectivity index (χ0n) is 13.3. The summed E-state index contributed by atoms with van der Waals surface area (Å²) < 4.78 is 15.5. The molecule has 6 nitrogen and oxygen atoms in total. The van der Waals surface area contributed by atoms with Gasteiger partial charge in [-0.15, -0.1) is 10.2 Å². The number of hydrogen-bond acceptors (Lipinski definition) is 4. The second-order valence-electron chi connectivity index (χ2n) is 6.20. The largest absolute Gasteiger partial charge is 0.505 e. The molecule has 1 N–H and O–H groups in total. The lowest BCUT2D eigenvalue weighted by molar-refractivity contribution is 0.0678. The summed E-state index contributed by atoms with van der Waals surface area (Å²) in [6, 6.07) is 3.72. The Kier molecular flexibility index (Phi) is 3.79. The second kappa shape index (κ2) is 5.64. The first-order valence-corrected chi connectivity index (χ1v) is 7.60. The van der Waals surface area contributed by atoms with Crippen LogP contribution in [0.15, 0.2) is 18.2 Å². The molecule has 0 spiro atoms. The summed E-state index contributed by atoms with van der Waals surface area (Å²) in [4.78, 5) is 14.2. The van der Waals surface area contributed by atoms with Gasteiger partial charge in [-0.25, -0.2) is 4.39 Å². The van der Waals surface area contributed by atoms with E-state index in [2.05, 4.69) is 28.6 Å². The van der Waals surface area contributed by atoms with Crippen LogP contribution in [0.25, 0.3) is 0 Å². The highest BCUT2D eigenvalue weighted by molar-refractivity contribution is 5.94. The first kappa shape index (κ1) is 15.5. The van der Waals surface area contributed by atoms with Crippen LogP contribution in [0, 0.1) is 5.82 Å². The van der Waals surface area contributed by atoms with Gasteiger partial charge in [0.1, 0.15) is 5.82 Å². The number of carbonyl (C=O) groups excluding carboxylic acids is 1. The van der Waals surface area contributed by atoms with Crippen molar-refractivity contribution in [2.45, 2.75) is 39.3 Å². The van der Waals surface area contributed by atoms with Gasteiger partial charge in [0.05, 0.1) is 12.6 Å². The third-order valence-electron chi connectivity index (χ3n) is 4.05. The molecule has 122 valence electrons. The number of fused-ring (bicyclic) bond motifs is 1. The summed E-state index contributed by atoms with van der Waals surface area (Å²) in [5, 5.41) is 17.7. The Balaban J connectivity index is 1.88. The number of phenols is 1. The van der Waals surface area contributed by atoms with Crippen LogP contribution in [0.2, 0.25) is 0 Å². The molecule has 0 bridgehead atoms. The molecule has 1 amide bonds. The standard InChI is InChI=1S/C16H19FN4O2/c1-9(2)15-19-18-14-8-20(7-10(3)21(14)15)16(23)11-4-5-13(22)12(17)6-11/h4-6,9-10,22H,7-8H2,1-3H3/t10-/m0/s1. The summed E-state index contributed by atoms with van der Waals surface area (Å²) in [5.74, 6) is 0.361. The van der Waals surface area contributed by atoms with E-state index in [-0.39, 0.29) is 23.4 Å². The molecule has 0 aliphatic carbocycles. The molecule has 0 fully saturated rings. The van der Waals surface area contributed by atoms with E-state index in [0.717, 1.165) is 17.7 Å². The van der Waals surface area contributed by atoms with Crippen molar-refractivity contribution >= 4 is 5.91 Å². The van der Waals surface area contributed by atoms with Gasteiger partial charge < -0.3 is 14.6 Å². The topological polar surface area (TPSA) is 71.2 Å². The summed E-state index contributed by atoms with van der Waals surface area (Å²) in [5.41, 5.74) is 0.213. The predicted octanol–water partition coefficient (Wildman–Crippen LogP) is 2.46. The quantitative estimate of drug-likeness (QED) is 0.923. The highest BCUT2D eigenvalue weighted by atomic mass is 19.1. The third-order valence-corrected chi connectivity index (χ3v) is 4.05. The molecule has 1 aromatic heterocycles. The number of benzene rings is 1. The average molecular weight is 318 g/mol. The maximum absolute atomic E-state index is 13.5. The van der Waals surface area contributed by atoms with Crippen molar-refractivity contribution in [1.29, 1.82) is 0 Å². The molecule has 1 aliphatic rings. The molecule has 0 saturated heterocycles. The summed E-state index contributed by atoms with van der Waals surface area (Å²) >= 11 is 0. The van der Waals surface area contributed by atoms with Crippen molar-refractivity contribution in [3.05, 3.63) is 41.2 Å². The predicted molar refractivity (Wildman–Crippen MR) is 81.6 cm³/mol. The van der Waals surface area contributed by atoms with Crippen LogP contribution < -0.4 is 0 Å². The SMILES string of the molecule is CC(C)c1nnc2n1[C@@H](C)CN(C(=O)c1ccc(O)c(F)c1)C2. The fourth-order valence-corrected chi connectivity index (χ4v) is 2.93. The van der Waals surface area contributed by atoms with E-state index in [4.69, 9.17) is 0 Å². The Morgan fingerprint density at radius 3 is 2.78 bits per heavy atom. The first-order valence-electron chi connectivity index (χ1n) is 7.60. The molecule has 0 unspecified atom stereocenters. The van der Waals surface area contributed by atoms with Gasteiger partial charge in [0.15, 0.2) is 17.4 Å². The summed E-state index contributed by atoms with van der Waals surface area (Å²) in [6.45, 7) is 6.97. The molecular formula is C16H19FN4O2. The molecule has 2 heterocycles. The van der Waals surface area contributed by atoms with E-state index in [1.165, 1.54) is 12.1 Å². The average Bonchev–Trinajstić information content (AvgIpc) is 2.94. The van der Waals surface area contributed by atoms with Crippen LogP contribution in [0.3, 0.4) is 0 Å². The van der Waals surface area contributed by atoms with Crippen LogP contribution in [0.4, 0.5) is 4.39 Å². The van der Waals surface area contributed by atoms with Crippen molar-refractivity contribution in [3.8, 4) is 5.75 Å². The van der Waals surface area contributed by atoms with E-state index >= 15 is 0 Å². The Morgan fingerprint density at radius 1 is 1.39 bits per heavy atom. The van der Waals surface area contributed by atoms with Gasteiger partial charge in [0, 0.05) is 18.0 Å². The van der Waals surface area contributed by atoms with Crippen molar-refractivity contribution in [2.24, 2.45) is 0 Å². The van der Waals surface area contributed by atoms with Crippen molar-refractivity contribution in [3.63, 3.8) is 0 Å². The Labute approximate surface area is 133 Å². The molecule has 1 aromatic carbocycles. The van der Waals surface area contributed by atoms with Gasteiger partial charge in [-0.05, 0) is 25.1 Å². The maximum Gasteiger partial charge on any atom is 0.254 e. The van der Waals surface area contributed by atoms with Crippen molar-refractivity contribution in [2.75, 3.05) is 6.54 Å². The number of hydrogen-bond donors (Lipinski definition) is 1. The van der Waals surface area contributed by atoms with E-state index in [0.29, 0.717) is 13.1 Å². The zero-order valence-corrected chi connectivity index (χ0v) is 13.3. The summed E-state index contributed by atoms with van der Waals surface area (Å²) in [6.07, 6.45) is 0. The van der Waals surface area contributed by atoms with Gasteiger partial charge >= 0.3 is 0 Å². The third kappa shape index (κ3) is 2.67. The number of aromatic hydroxyl groups is 1. The number of amides is 1. The molecular weight excluding hydrogens is 299 g/mol. The van der Waals surface area contributed by atoms with Gasteiger partial charge in [-0.1, -0.05) is 13.8 Å². The van der Waals surface area contributed by atoms with Gasteiger partial charge in [0.25, 0.3) is 5.91 Å². The monoisotopic (exact) mass is 318 g/mol. The lowest BCUT2D eigenvalue weighted by atomic mass is 10.1. The minimum Gasteiger partial charge on any atom is -0.505 e. The fraction of sp³-hybridized carbons (Fsp3) is 0.438. The minimum absolute atomic E-state index is 0.0528. The van der Waals surface area contributed by atoms with Gasteiger partial charge in [0.2, 0.25) is 0 Å². The molecule has 0 saturated carbocycles. The molecule has 23 heavy (non-hydrogen) atoms. The number of nitrogens with zero attached hydrogens (tertiary/aromatic N) is 4. The Bertz CT molecular complexity index is 757. The minimum atomic E-state index is -0.800. The first-order chi connectivity index (χ1) is 10.9. The molecule has 1 atom stereocenters. The van der Waals surface area contributed by atoms with Gasteiger partial charge in [-0.3, -0.25) is 4.79 Å². The fourth-order valence-electron chi connectivity index (χ4n) is 2.93. The number of rotatable bonds is 2. The number of phenolic OH excluding ortho intramolecular Hbond substituents is 1. The molecule has 7 heteroatoms.